The molecule has 2 aromatic rings. The Morgan fingerprint density at radius 3 is 2.43 bits per heavy atom. The molecule has 3 N–H and O–H groups in total. The molecule has 0 amide bonds. The van der Waals surface area contributed by atoms with Crippen LogP contribution in [0.2, 0.25) is 0 Å². The van der Waals surface area contributed by atoms with Gasteiger partial charge >= 0.3 is 0 Å². The maximum Gasteiger partial charge on any atom is 0.262 e. The van der Waals surface area contributed by atoms with Crippen LogP contribution >= 0.6 is 0 Å². The van der Waals surface area contributed by atoms with E-state index in [9.17, 15) is 13.2 Å². The fourth-order valence-corrected chi connectivity index (χ4v) is 3.66. The second-order valence-electron chi connectivity index (χ2n) is 4.90. The summed E-state index contributed by atoms with van der Waals surface area (Å²) in [6.45, 7) is 3.37. The van der Waals surface area contributed by atoms with Crippen LogP contribution < -0.4 is 16.0 Å². The summed E-state index contributed by atoms with van der Waals surface area (Å²) in [6.07, 6.45) is 1.43. The molecule has 6 nitrogen and oxygen atoms in total. The highest BCUT2D eigenvalue weighted by Gasteiger charge is 2.21. The summed E-state index contributed by atoms with van der Waals surface area (Å²) < 4.78 is 28.8. The Kier molecular flexibility index (Phi) is 3.78. The van der Waals surface area contributed by atoms with E-state index in [2.05, 4.69) is 4.72 Å². The van der Waals surface area contributed by atoms with Crippen molar-refractivity contribution in [1.29, 1.82) is 0 Å². The summed E-state index contributed by atoms with van der Waals surface area (Å²) in [5, 5.41) is 0. The van der Waals surface area contributed by atoms with Crippen molar-refractivity contribution in [2.75, 3.05) is 10.5 Å². The third kappa shape index (κ3) is 2.92. The van der Waals surface area contributed by atoms with Crippen LogP contribution in [0.3, 0.4) is 0 Å². The predicted octanol–water partition coefficient (Wildman–Crippen LogP) is 1.39. The van der Waals surface area contributed by atoms with Crippen molar-refractivity contribution in [2.45, 2.75) is 18.7 Å². The van der Waals surface area contributed by atoms with Gasteiger partial charge in [0.05, 0.1) is 10.6 Å². The van der Waals surface area contributed by atoms with E-state index >= 15 is 0 Å². The molecular formula is C14H17N3O3S. The summed E-state index contributed by atoms with van der Waals surface area (Å²) in [5.41, 5.74) is 7.43. The van der Waals surface area contributed by atoms with Crippen LogP contribution in [0.1, 0.15) is 11.1 Å². The highest BCUT2D eigenvalue weighted by atomic mass is 32.2. The van der Waals surface area contributed by atoms with Gasteiger partial charge in [0.1, 0.15) is 0 Å². The van der Waals surface area contributed by atoms with Gasteiger partial charge < -0.3 is 10.3 Å². The van der Waals surface area contributed by atoms with Gasteiger partial charge in [-0.25, -0.2) is 8.42 Å². The van der Waals surface area contributed by atoms with Gasteiger partial charge in [0.15, 0.2) is 0 Å². The van der Waals surface area contributed by atoms with Gasteiger partial charge in [-0.05, 0) is 37.1 Å². The number of sulfonamides is 1. The monoisotopic (exact) mass is 307 g/mol. The van der Waals surface area contributed by atoms with Crippen molar-refractivity contribution in [3.8, 4) is 0 Å². The topological polar surface area (TPSA) is 94.2 Å². The zero-order valence-corrected chi connectivity index (χ0v) is 12.9. The number of nitrogens with two attached hydrogens (primary N) is 1. The molecule has 0 saturated heterocycles. The molecule has 1 aromatic carbocycles. The zero-order chi connectivity index (χ0) is 15.8. The van der Waals surface area contributed by atoms with Crippen molar-refractivity contribution in [2.24, 2.45) is 7.05 Å². The molecular weight excluding hydrogens is 290 g/mol. The number of anilines is 2. The average molecular weight is 307 g/mol. The molecule has 0 atom stereocenters. The Bertz CT molecular complexity index is 854. The van der Waals surface area contributed by atoms with E-state index in [4.69, 9.17) is 5.73 Å². The van der Waals surface area contributed by atoms with E-state index in [1.54, 1.807) is 33.0 Å². The summed E-state index contributed by atoms with van der Waals surface area (Å²) in [6, 6.07) is 6.07. The van der Waals surface area contributed by atoms with Crippen LogP contribution in [0.5, 0.6) is 0 Å². The lowest BCUT2D eigenvalue weighted by molar-refractivity contribution is 0.600. The van der Waals surface area contributed by atoms with Gasteiger partial charge in [-0.15, -0.1) is 0 Å². The smallest absolute Gasteiger partial charge is 0.262 e. The van der Waals surface area contributed by atoms with E-state index in [0.29, 0.717) is 22.5 Å². The molecule has 0 bridgehead atoms. The summed E-state index contributed by atoms with van der Waals surface area (Å²) in [4.78, 5) is 11.5. The van der Waals surface area contributed by atoms with E-state index < -0.39 is 10.0 Å². The Morgan fingerprint density at radius 1 is 1.14 bits per heavy atom. The van der Waals surface area contributed by atoms with Gasteiger partial charge in [-0.3, -0.25) is 9.52 Å². The van der Waals surface area contributed by atoms with Crippen LogP contribution in [0.25, 0.3) is 0 Å². The zero-order valence-electron chi connectivity index (χ0n) is 12.0. The lowest BCUT2D eigenvalue weighted by Gasteiger charge is -2.14. The first kappa shape index (κ1) is 15.1. The lowest BCUT2D eigenvalue weighted by Crippen LogP contribution is -2.19. The SMILES string of the molecule is Cc1ccc(N)c(C)c1S(=O)(=O)Nc1ccc(=O)n(C)c1. The quantitative estimate of drug-likeness (QED) is 0.838. The Balaban J connectivity index is 2.51. The molecule has 0 aliphatic carbocycles. The van der Waals surface area contributed by atoms with Crippen molar-refractivity contribution in [3.63, 3.8) is 0 Å². The van der Waals surface area contributed by atoms with Gasteiger partial charge in [-0.1, -0.05) is 6.07 Å². The number of hydrogen-bond donors (Lipinski definition) is 2. The van der Waals surface area contributed by atoms with Gasteiger partial charge in [0.25, 0.3) is 10.0 Å². The van der Waals surface area contributed by atoms with Crippen LogP contribution in [-0.4, -0.2) is 13.0 Å². The first-order valence-electron chi connectivity index (χ1n) is 6.27. The molecule has 1 heterocycles. The van der Waals surface area contributed by atoms with Crippen molar-refractivity contribution in [1.82, 2.24) is 4.57 Å². The minimum absolute atomic E-state index is 0.163. The van der Waals surface area contributed by atoms with Crippen LogP contribution in [0, 0.1) is 13.8 Å². The van der Waals surface area contributed by atoms with Crippen LogP contribution in [-0.2, 0) is 17.1 Å². The first-order chi connectivity index (χ1) is 9.72. The number of aryl methyl sites for hydroxylation is 2. The molecule has 1 aromatic heterocycles. The van der Waals surface area contributed by atoms with Crippen LogP contribution in [0.4, 0.5) is 11.4 Å². The fourth-order valence-electron chi connectivity index (χ4n) is 2.12. The molecule has 7 heteroatoms. The van der Waals surface area contributed by atoms with Crippen molar-refractivity contribution < 1.29 is 8.42 Å². The molecule has 0 fully saturated rings. The van der Waals surface area contributed by atoms with Crippen molar-refractivity contribution in [3.05, 3.63) is 51.9 Å². The van der Waals surface area contributed by atoms with E-state index in [-0.39, 0.29) is 10.5 Å². The normalized spacial score (nSPS) is 11.4. The molecule has 21 heavy (non-hydrogen) atoms. The molecule has 2 rings (SSSR count). The Morgan fingerprint density at radius 2 is 1.81 bits per heavy atom. The highest BCUT2D eigenvalue weighted by molar-refractivity contribution is 7.92. The molecule has 0 radical (unpaired) electrons. The van der Waals surface area contributed by atoms with E-state index in [1.807, 2.05) is 0 Å². The van der Waals surface area contributed by atoms with Gasteiger partial charge in [0, 0.05) is 25.0 Å². The number of nitrogen functional groups attached to an aromatic ring is 1. The third-order valence-corrected chi connectivity index (χ3v) is 4.92. The highest BCUT2D eigenvalue weighted by Crippen LogP contribution is 2.26. The molecule has 0 aliphatic heterocycles. The van der Waals surface area contributed by atoms with Crippen molar-refractivity contribution >= 4 is 21.4 Å². The number of hydrogen-bond acceptors (Lipinski definition) is 4. The van der Waals surface area contributed by atoms with Crippen LogP contribution in [0.15, 0.2) is 40.2 Å². The number of rotatable bonds is 3. The maximum atomic E-state index is 12.5. The molecule has 0 spiro atoms. The predicted molar refractivity (Wildman–Crippen MR) is 82.8 cm³/mol. The van der Waals surface area contributed by atoms with E-state index in [1.165, 1.54) is 22.9 Å². The standard InChI is InChI=1S/C14H17N3O3S/c1-9-4-6-12(15)10(2)14(9)21(19,20)16-11-5-7-13(18)17(3)8-11/h4-8,16H,15H2,1-3H3. The largest absolute Gasteiger partial charge is 0.398 e. The maximum absolute atomic E-state index is 12.5. The van der Waals surface area contributed by atoms with Gasteiger partial charge in [-0.2, -0.15) is 0 Å². The molecule has 112 valence electrons. The van der Waals surface area contributed by atoms with Gasteiger partial charge in [0.2, 0.25) is 5.56 Å². The summed E-state index contributed by atoms with van der Waals surface area (Å²) >= 11 is 0. The lowest BCUT2D eigenvalue weighted by atomic mass is 10.1. The summed E-state index contributed by atoms with van der Waals surface area (Å²) in [5.74, 6) is 0. The molecule has 0 aliphatic rings. The minimum Gasteiger partial charge on any atom is -0.398 e. The fraction of sp³-hybridized carbons (Fsp3) is 0.214. The number of aromatic nitrogens is 1. The Labute approximate surface area is 123 Å². The third-order valence-electron chi connectivity index (χ3n) is 3.25. The van der Waals surface area contributed by atoms with E-state index in [0.717, 1.165) is 0 Å². The second kappa shape index (κ2) is 5.25. The molecule has 0 saturated carbocycles. The molecule has 0 unspecified atom stereocenters. The number of pyridine rings is 1. The second-order valence-corrected chi connectivity index (χ2v) is 6.52. The first-order valence-corrected chi connectivity index (χ1v) is 7.76. The number of benzene rings is 1. The number of nitrogens with zero attached hydrogens (tertiary/aromatic N) is 1. The average Bonchev–Trinajstić information content (AvgIpc) is 2.38. The Hall–Kier alpha value is -2.28. The number of nitrogens with one attached hydrogen (secondary N) is 1. The summed E-state index contributed by atoms with van der Waals surface area (Å²) in [7, 11) is -2.22. The minimum atomic E-state index is -3.77.